The number of urea groups is 4. The molecule has 6 atom stereocenters. The number of morpholine rings is 1. The van der Waals surface area contributed by atoms with Gasteiger partial charge in [0.15, 0.2) is 34.9 Å². The first-order chi connectivity index (χ1) is 54.3. The molecule has 31 nitrogen and oxygen atoms in total. The van der Waals surface area contributed by atoms with Crippen molar-refractivity contribution in [2.75, 3.05) is 140 Å². The summed E-state index contributed by atoms with van der Waals surface area (Å²) in [6.45, 7) is 20.0. The fourth-order valence-corrected chi connectivity index (χ4v) is 16.5. The number of carbonyl (C=O) groups excluding carboxylic acids is 4. The Hall–Kier alpha value is -11.9. The second-order valence-electron chi connectivity index (χ2n) is 30.4. The molecule has 0 aliphatic carbocycles. The van der Waals surface area contributed by atoms with Gasteiger partial charge in [-0.15, -0.1) is 0 Å². The number of anilines is 11. The third-order valence-electron chi connectivity index (χ3n) is 22.0. The number of alkyl halides is 2. The van der Waals surface area contributed by atoms with Gasteiger partial charge < -0.3 is 44.8 Å². The molecule has 8 amide bonds. The van der Waals surface area contributed by atoms with Gasteiger partial charge in [0.2, 0.25) is 0 Å². The Bertz CT molecular complexity index is 4880. The van der Waals surface area contributed by atoms with E-state index in [1.807, 2.05) is 92.4 Å². The van der Waals surface area contributed by atoms with E-state index in [0.717, 1.165) is 185 Å². The fraction of sp³-hybridized carbons (Fsp3) is 0.430. The van der Waals surface area contributed by atoms with Gasteiger partial charge in [-0.05, 0) is 173 Å². The molecule has 33 heteroatoms. The highest BCUT2D eigenvalue weighted by Gasteiger charge is 2.45. The molecule has 0 unspecified atom stereocenters. The fourth-order valence-electron chi connectivity index (χ4n) is 16.5. The molecule has 4 N–H and O–H groups in total. The lowest BCUT2D eigenvalue weighted by atomic mass is 10.1. The normalized spacial score (nSPS) is 21.0. The largest absolute Gasteiger partial charge is 0.372 e. The van der Waals surface area contributed by atoms with Crippen LogP contribution in [0.2, 0.25) is 0 Å². The van der Waals surface area contributed by atoms with Crippen LogP contribution in [0.1, 0.15) is 84.2 Å². The van der Waals surface area contributed by atoms with Crippen LogP contribution in [-0.4, -0.2) is 223 Å². The predicted octanol–water partition coefficient (Wildman–Crippen LogP) is 10.5. The van der Waals surface area contributed by atoms with Gasteiger partial charge in [0, 0.05) is 149 Å². The van der Waals surface area contributed by atoms with Crippen LogP contribution in [0.25, 0.3) is 33.8 Å². The van der Waals surface area contributed by atoms with Gasteiger partial charge in [0.05, 0.1) is 94.8 Å². The molecule has 6 saturated heterocycles. The van der Waals surface area contributed by atoms with Gasteiger partial charge >= 0.3 is 30.7 Å². The van der Waals surface area contributed by atoms with Gasteiger partial charge in [0.25, 0.3) is 0 Å². The monoisotopic (exact) mass is 1520 g/mol. The smallest absolute Gasteiger partial charge is 0.333 e. The summed E-state index contributed by atoms with van der Waals surface area (Å²) in [5.74, 6) is 4.39. The number of hydrogen-bond acceptors (Lipinski definition) is 22. The molecule has 112 heavy (non-hydrogen) atoms. The molecule has 0 spiro atoms. The summed E-state index contributed by atoms with van der Waals surface area (Å²) < 4.78 is 32.1. The molecular weight excluding hydrogens is 1430 g/mol. The van der Waals surface area contributed by atoms with Gasteiger partial charge in [-0.1, -0.05) is 0 Å². The first kappa shape index (κ1) is 74.2. The highest BCUT2D eigenvalue weighted by Crippen LogP contribution is 2.45. The summed E-state index contributed by atoms with van der Waals surface area (Å²) in [6.07, 6.45) is 21.4. The highest BCUT2D eigenvalue weighted by atomic mass is 19.3. The Morgan fingerprint density at radius 2 is 0.884 bits per heavy atom. The molecule has 0 radical (unpaired) electrons. The lowest BCUT2D eigenvalue weighted by molar-refractivity contribution is -0.00546. The number of amides is 8. The molecule has 6 fully saturated rings. The first-order valence-electron chi connectivity index (χ1n) is 38.5. The van der Waals surface area contributed by atoms with Crippen LogP contribution in [0, 0.1) is 13.8 Å². The molecule has 19 rings (SSSR count). The zero-order valence-corrected chi connectivity index (χ0v) is 63.8. The van der Waals surface area contributed by atoms with Crippen molar-refractivity contribution in [1.82, 2.24) is 75.2 Å². The third-order valence-corrected chi connectivity index (χ3v) is 22.0. The first-order valence-corrected chi connectivity index (χ1v) is 38.5. The molecule has 19 heterocycles. The van der Waals surface area contributed by atoms with E-state index in [1.54, 1.807) is 34.5 Å². The van der Waals surface area contributed by atoms with E-state index in [0.29, 0.717) is 45.8 Å². The average Bonchev–Trinajstić information content (AvgIpc) is 1.56. The van der Waals surface area contributed by atoms with Gasteiger partial charge in [0.1, 0.15) is 5.82 Å². The second-order valence-corrected chi connectivity index (χ2v) is 30.4. The number of likely N-dealkylation sites (tertiary alicyclic amines) is 1. The molecule has 8 bridgehead atoms. The number of ether oxygens (including phenoxy) is 1. The molecule has 582 valence electrons. The van der Waals surface area contributed by atoms with Crippen LogP contribution in [0.3, 0.4) is 0 Å². The van der Waals surface area contributed by atoms with Gasteiger partial charge in [-0.25, -0.2) is 53.8 Å². The minimum absolute atomic E-state index is 0.000894. The van der Waals surface area contributed by atoms with Crippen LogP contribution in [-0.2, 0) is 4.74 Å². The Labute approximate surface area is 647 Å². The summed E-state index contributed by atoms with van der Waals surface area (Å²) in [5.41, 5.74) is 10.4. The van der Waals surface area contributed by atoms with Crippen molar-refractivity contribution >= 4 is 87.6 Å². The number of aromatic nitrogens is 12. The standard InChI is InChI=1S/C22H28N6O.C20H25N7O2.C19H23N5O.C18H16F2N8O/c1-15-3-4-16(13-23-15)19-5-6-20-21(25-19)28(18-9-12-27(20)14-18)22(29)24-17-7-10-26(2)11-8-17;1-13-10-26(11-14(2)29-13)18-4-3-16-19(24-18)27(15-5-8-25(16)12-15)20(28)23-17-9-21-6-7-22-17;1-12(2)21-19(25)24-15-8-9-23(11-15)17-7-6-16(22-18(17)24)14-5-4-13(3)20-10-14;19-17(20)27-9-11(7-23-27)13-1-2-14-16(24-13)28(12-3-6-26(14)10-12)18(29)25-15-8-21-4-5-22-15/h3-6,13,17-18H,7-12,14H2,1-2H3,(H,24,29);3-4,6-7,9,13-15H,5,8,10-12H2,1-2H3,(H,22,23,28);4-7,10,12,15H,8-9,11H2,1-3H3,(H,21,25);1-2,4-5,7-9,12,17H,3,6,10H2,(H,22,25,29)/t18-;13-,14-,15+;15-;12-/m0100/s1. The highest BCUT2D eigenvalue weighted by molar-refractivity contribution is 6.06. The van der Waals surface area contributed by atoms with Crippen molar-refractivity contribution in [3.8, 4) is 33.8 Å². The van der Waals surface area contributed by atoms with E-state index >= 15 is 0 Å². The van der Waals surface area contributed by atoms with E-state index in [4.69, 9.17) is 19.7 Å². The summed E-state index contributed by atoms with van der Waals surface area (Å²) >= 11 is 0. The Balaban J connectivity index is 0.000000113. The van der Waals surface area contributed by atoms with E-state index in [2.05, 4.69) is 136 Å². The van der Waals surface area contributed by atoms with Gasteiger partial charge in [-0.2, -0.15) is 13.9 Å². The Morgan fingerprint density at radius 1 is 0.455 bits per heavy atom. The number of nitrogens with one attached hydrogen (secondary N) is 4. The van der Waals surface area contributed by atoms with Gasteiger partial charge in [-0.3, -0.25) is 50.2 Å². The third kappa shape index (κ3) is 15.7. The maximum atomic E-state index is 13.3. The van der Waals surface area contributed by atoms with Crippen molar-refractivity contribution in [1.29, 1.82) is 0 Å². The van der Waals surface area contributed by atoms with Crippen molar-refractivity contribution in [2.24, 2.45) is 0 Å². The Morgan fingerprint density at radius 3 is 1.29 bits per heavy atom. The minimum atomic E-state index is -2.72. The predicted molar refractivity (Wildman–Crippen MR) is 425 cm³/mol. The molecule has 10 aliphatic heterocycles. The van der Waals surface area contributed by atoms with Crippen molar-refractivity contribution in [3.63, 3.8) is 0 Å². The lowest BCUT2D eigenvalue weighted by Crippen LogP contribution is -2.54. The molecule has 9 aromatic heterocycles. The number of piperidine rings is 1. The SMILES string of the molecule is C[C@@H]1CN(c2ccc3c(n2)N(C(=O)Nc2cnccn2)[C@H]2CCN3C2)C[C@@H](C)O1.Cc1ccc(-c2ccc3c(n2)N(C(=O)NC(C)C)[C@H]2CCN3C2)cn1.Cc1ccc(-c2ccc3c(n2)N(C(=O)NC2CCN(C)CC2)[C@H]2CCN3C2)cn1.O=C(Nc1cnccn1)N1c2nc(-c3cnn(C(F)F)c3)ccc2N2CC[C@H]1C2. The summed E-state index contributed by atoms with van der Waals surface area (Å²) in [6, 6.07) is 24.2. The molecule has 0 aromatic carbocycles. The van der Waals surface area contributed by atoms with Crippen LogP contribution in [0.15, 0.2) is 135 Å². The summed E-state index contributed by atoms with van der Waals surface area (Å²) in [7, 11) is 2.14. The number of rotatable bonds is 9. The van der Waals surface area contributed by atoms with E-state index in [9.17, 15) is 28.0 Å². The maximum absolute atomic E-state index is 13.3. The maximum Gasteiger partial charge on any atom is 0.333 e. The molecule has 9 aromatic rings. The Kier molecular flexibility index (Phi) is 21.1. The number of fused-ring (bicyclic) bond motifs is 16. The number of pyridine rings is 6. The van der Waals surface area contributed by atoms with E-state index < -0.39 is 6.55 Å². The summed E-state index contributed by atoms with van der Waals surface area (Å²) in [4.78, 5) is 118. The van der Waals surface area contributed by atoms with E-state index in [1.165, 1.54) is 31.0 Å². The van der Waals surface area contributed by atoms with Crippen molar-refractivity contribution in [2.45, 2.75) is 135 Å². The van der Waals surface area contributed by atoms with E-state index in [-0.39, 0.29) is 72.6 Å². The molecule has 10 aliphatic rings. The molecule has 0 saturated carbocycles. The number of hydrogen-bond donors (Lipinski definition) is 4. The number of aryl methyl sites for hydroxylation is 2. The summed E-state index contributed by atoms with van der Waals surface area (Å²) in [5, 5.41) is 15.6. The zero-order chi connectivity index (χ0) is 77.4. The van der Waals surface area contributed by atoms with Crippen LogP contribution in [0.5, 0.6) is 0 Å². The second kappa shape index (κ2) is 31.8. The number of carbonyl (C=O) groups is 4. The van der Waals surface area contributed by atoms with Crippen LogP contribution < -0.4 is 65.4 Å². The topological polar surface area (TPSA) is 305 Å². The minimum Gasteiger partial charge on any atom is -0.372 e. The van der Waals surface area contributed by atoms with Crippen molar-refractivity contribution < 1.29 is 32.7 Å². The quantitative estimate of drug-likeness (QED) is 0.104. The molecular formula is C79H92F2N26O5. The lowest BCUT2D eigenvalue weighted by Gasteiger charge is -2.39. The van der Waals surface area contributed by atoms with Crippen LogP contribution >= 0.6 is 0 Å². The number of nitrogens with zero attached hydrogens (tertiary/aromatic N) is 22. The van der Waals surface area contributed by atoms with Crippen LogP contribution in [0.4, 0.5) is 91.4 Å². The van der Waals surface area contributed by atoms with Crippen molar-refractivity contribution in [3.05, 3.63) is 146 Å². The number of halogens is 2. The average molecular weight is 1520 g/mol. The zero-order valence-electron chi connectivity index (χ0n) is 63.8.